The van der Waals surface area contributed by atoms with Crippen LogP contribution in [0.3, 0.4) is 0 Å². The van der Waals surface area contributed by atoms with Crippen molar-refractivity contribution < 1.29 is 13.5 Å². The molecule has 144 valence electrons. The summed E-state index contributed by atoms with van der Waals surface area (Å²) in [6.07, 6.45) is 2.24. The van der Waals surface area contributed by atoms with E-state index in [-0.39, 0.29) is 5.75 Å². The molecule has 0 N–H and O–H groups in total. The van der Waals surface area contributed by atoms with Gasteiger partial charge < -0.3 is 4.74 Å². The summed E-state index contributed by atoms with van der Waals surface area (Å²) < 4.78 is 28.8. The number of fused-ring (bicyclic) bond motifs is 3. The van der Waals surface area contributed by atoms with Crippen molar-refractivity contribution >= 4 is 21.5 Å². The van der Waals surface area contributed by atoms with Crippen LogP contribution in [0, 0.1) is 11.8 Å². The Balaban J connectivity index is 1.62. The Labute approximate surface area is 168 Å². The Kier molecular flexibility index (Phi) is 5.44. The zero-order chi connectivity index (χ0) is 20.2. The molecule has 0 aliphatic heterocycles. The third-order valence-corrected chi connectivity index (χ3v) is 4.87. The van der Waals surface area contributed by atoms with Gasteiger partial charge in [-0.25, -0.2) is 0 Å². The van der Waals surface area contributed by atoms with E-state index in [1.807, 2.05) is 6.07 Å². The molecule has 0 heterocycles. The van der Waals surface area contributed by atoms with Gasteiger partial charge >= 0.3 is 6.61 Å². The van der Waals surface area contributed by atoms with Gasteiger partial charge in [0.15, 0.2) is 0 Å². The molecule has 0 saturated carbocycles. The molecule has 0 aliphatic rings. The van der Waals surface area contributed by atoms with E-state index in [0.29, 0.717) is 0 Å². The summed E-state index contributed by atoms with van der Waals surface area (Å²) in [5, 5.41) is 4.86. The van der Waals surface area contributed by atoms with Gasteiger partial charge in [-0.05, 0) is 69.9 Å². The van der Waals surface area contributed by atoms with Gasteiger partial charge in [0.05, 0.1) is 0 Å². The fourth-order valence-electron chi connectivity index (χ4n) is 3.51. The van der Waals surface area contributed by atoms with Crippen molar-refractivity contribution in [2.75, 3.05) is 0 Å². The molecule has 0 atom stereocenters. The summed E-state index contributed by atoms with van der Waals surface area (Å²) in [5.74, 6) is 6.35. The molecule has 3 heteroatoms. The van der Waals surface area contributed by atoms with E-state index in [4.69, 9.17) is 0 Å². The van der Waals surface area contributed by atoms with Crippen LogP contribution in [-0.4, -0.2) is 6.61 Å². The van der Waals surface area contributed by atoms with Crippen LogP contribution in [0.5, 0.6) is 5.75 Å². The lowest BCUT2D eigenvalue weighted by atomic mass is 9.97. The van der Waals surface area contributed by atoms with Gasteiger partial charge in [-0.2, -0.15) is 8.78 Å². The molecule has 4 aromatic rings. The van der Waals surface area contributed by atoms with E-state index in [1.165, 1.54) is 33.9 Å². The first-order valence-corrected chi connectivity index (χ1v) is 9.65. The maximum absolute atomic E-state index is 12.2. The van der Waals surface area contributed by atoms with Crippen LogP contribution in [0.2, 0.25) is 0 Å². The number of halogens is 2. The highest BCUT2D eigenvalue weighted by molar-refractivity contribution is 6.07. The number of hydrogen-bond acceptors (Lipinski definition) is 1. The van der Waals surface area contributed by atoms with Crippen LogP contribution < -0.4 is 4.74 Å². The monoisotopic (exact) mass is 386 g/mol. The van der Waals surface area contributed by atoms with Crippen LogP contribution in [0.4, 0.5) is 8.78 Å². The normalized spacial score (nSPS) is 10.9. The number of benzene rings is 4. The van der Waals surface area contributed by atoms with Crippen LogP contribution >= 0.6 is 0 Å². The van der Waals surface area contributed by atoms with Crippen LogP contribution in [0.15, 0.2) is 72.8 Å². The van der Waals surface area contributed by atoms with E-state index in [0.717, 1.165) is 29.4 Å². The summed E-state index contributed by atoms with van der Waals surface area (Å²) in [6, 6.07) is 23.5. The quantitative estimate of drug-likeness (QED) is 0.272. The highest BCUT2D eigenvalue weighted by atomic mass is 19.3. The Morgan fingerprint density at radius 3 is 2.07 bits per heavy atom. The van der Waals surface area contributed by atoms with E-state index in [1.54, 1.807) is 12.1 Å². The topological polar surface area (TPSA) is 9.23 Å². The second-order valence-corrected chi connectivity index (χ2v) is 6.96. The van der Waals surface area contributed by atoms with Gasteiger partial charge in [0, 0.05) is 11.1 Å². The number of aryl methyl sites for hydroxylation is 1. The average Bonchev–Trinajstić information content (AvgIpc) is 2.72. The van der Waals surface area contributed by atoms with Crippen molar-refractivity contribution in [1.29, 1.82) is 0 Å². The lowest BCUT2D eigenvalue weighted by Gasteiger charge is -2.07. The van der Waals surface area contributed by atoms with Crippen LogP contribution in [-0.2, 0) is 6.42 Å². The first-order valence-electron chi connectivity index (χ1n) is 9.65. The fraction of sp³-hybridized carbons (Fsp3) is 0.154. The maximum Gasteiger partial charge on any atom is 0.387 e. The van der Waals surface area contributed by atoms with E-state index >= 15 is 0 Å². The van der Waals surface area contributed by atoms with Gasteiger partial charge in [0.1, 0.15) is 5.75 Å². The first-order chi connectivity index (χ1) is 14.1. The second-order valence-electron chi connectivity index (χ2n) is 6.96. The molecule has 4 rings (SSSR count). The molecular weight excluding hydrogens is 366 g/mol. The molecule has 0 spiro atoms. The molecule has 4 aromatic carbocycles. The van der Waals surface area contributed by atoms with Gasteiger partial charge in [0.2, 0.25) is 0 Å². The van der Waals surface area contributed by atoms with Crippen molar-refractivity contribution in [3.05, 3.63) is 89.5 Å². The predicted molar refractivity (Wildman–Crippen MR) is 115 cm³/mol. The molecule has 0 fully saturated rings. The zero-order valence-electron chi connectivity index (χ0n) is 16.1. The lowest BCUT2D eigenvalue weighted by Crippen LogP contribution is -2.01. The largest absolute Gasteiger partial charge is 0.435 e. The molecule has 0 radical (unpaired) electrons. The van der Waals surface area contributed by atoms with Gasteiger partial charge in [-0.15, -0.1) is 0 Å². The highest BCUT2D eigenvalue weighted by Gasteiger charge is 2.04. The fourth-order valence-corrected chi connectivity index (χ4v) is 3.51. The van der Waals surface area contributed by atoms with E-state index in [9.17, 15) is 8.78 Å². The predicted octanol–water partition coefficient (Wildman–Crippen LogP) is 6.95. The first kappa shape index (κ1) is 19.0. The van der Waals surface area contributed by atoms with Crippen molar-refractivity contribution in [2.24, 2.45) is 0 Å². The minimum absolute atomic E-state index is 0.130. The van der Waals surface area contributed by atoms with Crippen LogP contribution in [0.25, 0.3) is 21.5 Å². The highest BCUT2D eigenvalue weighted by Crippen LogP contribution is 2.27. The average molecular weight is 386 g/mol. The van der Waals surface area contributed by atoms with Crippen molar-refractivity contribution in [2.45, 2.75) is 26.4 Å². The van der Waals surface area contributed by atoms with E-state index < -0.39 is 6.61 Å². The minimum Gasteiger partial charge on any atom is -0.435 e. The number of ether oxygens (including phenoxy) is 1. The standard InChI is InChI=1S/C26H20F2O/c1-2-3-19-8-14-24-21(16-19)10-11-22-17-20(9-15-25(22)24)5-4-18-6-12-23(13-7-18)29-26(27)28/h6-17,26H,2-3H2,1H3. The van der Waals surface area contributed by atoms with Gasteiger partial charge in [-0.3, -0.25) is 0 Å². The van der Waals surface area contributed by atoms with Gasteiger partial charge in [0.25, 0.3) is 0 Å². The molecule has 0 bridgehead atoms. The van der Waals surface area contributed by atoms with Crippen LogP contribution in [0.1, 0.15) is 30.0 Å². The molecule has 0 amide bonds. The summed E-state index contributed by atoms with van der Waals surface area (Å²) in [4.78, 5) is 0. The minimum atomic E-state index is -2.82. The number of hydrogen-bond donors (Lipinski definition) is 0. The third kappa shape index (κ3) is 4.38. The van der Waals surface area contributed by atoms with E-state index in [2.05, 4.69) is 66.0 Å². The molecule has 0 saturated heterocycles. The maximum atomic E-state index is 12.2. The summed E-state index contributed by atoms with van der Waals surface area (Å²) in [6.45, 7) is -0.627. The van der Waals surface area contributed by atoms with Crippen molar-refractivity contribution in [3.63, 3.8) is 0 Å². The van der Waals surface area contributed by atoms with Gasteiger partial charge in [-0.1, -0.05) is 61.6 Å². The summed E-state index contributed by atoms with van der Waals surface area (Å²) >= 11 is 0. The Morgan fingerprint density at radius 1 is 0.759 bits per heavy atom. The molecule has 0 unspecified atom stereocenters. The Bertz CT molecular complexity index is 1210. The second kappa shape index (κ2) is 8.32. The summed E-state index contributed by atoms with van der Waals surface area (Å²) in [5.41, 5.74) is 3.02. The Morgan fingerprint density at radius 2 is 1.38 bits per heavy atom. The zero-order valence-corrected chi connectivity index (χ0v) is 16.1. The lowest BCUT2D eigenvalue weighted by molar-refractivity contribution is -0.0498. The molecule has 0 aliphatic carbocycles. The number of alkyl halides is 2. The molecular formula is C26H20F2O. The third-order valence-electron chi connectivity index (χ3n) is 4.87. The van der Waals surface area contributed by atoms with Crippen molar-refractivity contribution in [1.82, 2.24) is 0 Å². The molecule has 29 heavy (non-hydrogen) atoms. The Hall–Kier alpha value is -3.38. The van der Waals surface area contributed by atoms with Crippen molar-refractivity contribution in [3.8, 4) is 17.6 Å². The smallest absolute Gasteiger partial charge is 0.387 e. The molecule has 0 aromatic heterocycles. The SMILES string of the molecule is CCCc1ccc2c(ccc3cc(C#Cc4ccc(OC(F)F)cc4)ccc32)c1. The molecule has 1 nitrogen and oxygen atoms in total. The summed E-state index contributed by atoms with van der Waals surface area (Å²) in [7, 11) is 0. The number of rotatable bonds is 4.